The molecular weight excluding hydrogens is 318 g/mol. The number of hydrogen-bond donors (Lipinski definition) is 0. The molecule has 2 aromatic heterocycles. The van der Waals surface area contributed by atoms with Gasteiger partial charge in [-0.15, -0.1) is 0 Å². The van der Waals surface area contributed by atoms with Crippen LogP contribution >= 0.6 is 10.5 Å². The molecule has 120 valence electrons. The Morgan fingerprint density at radius 1 is 0.958 bits per heavy atom. The maximum Gasteiger partial charge on any atom is 0.229 e. The average Bonchev–Trinajstić information content (AvgIpc) is 2.95. The number of aryl methyl sites for hydroxylation is 1. The molecule has 4 heteroatoms. The van der Waals surface area contributed by atoms with Crippen molar-refractivity contribution in [2.24, 2.45) is 0 Å². The largest absolute Gasteiger partial charge is 0.497 e. The summed E-state index contributed by atoms with van der Waals surface area (Å²) < 4.78 is 13.7. The smallest absolute Gasteiger partial charge is 0.229 e. The van der Waals surface area contributed by atoms with Crippen LogP contribution in [0, 0.1) is 6.92 Å². The second-order valence-electron chi connectivity index (χ2n) is 5.70. The van der Waals surface area contributed by atoms with E-state index in [2.05, 4.69) is 42.2 Å². The molecule has 3 nitrogen and oxygen atoms in total. The molecule has 4 aromatic rings. The van der Waals surface area contributed by atoms with Crippen LogP contribution in [0.2, 0.25) is 0 Å². The van der Waals surface area contributed by atoms with Crippen molar-refractivity contribution < 1.29 is 9.47 Å². The fraction of sp³-hybridized carbons (Fsp3) is 0.150. The second kappa shape index (κ2) is 5.80. The van der Waals surface area contributed by atoms with Gasteiger partial charge in [0.15, 0.2) is 15.3 Å². The summed E-state index contributed by atoms with van der Waals surface area (Å²) in [5, 5.41) is 2.45. The first kappa shape index (κ1) is 15.0. The van der Waals surface area contributed by atoms with E-state index in [0.717, 1.165) is 11.5 Å². The highest BCUT2D eigenvalue weighted by atomic mass is 32.2. The second-order valence-corrected chi connectivity index (χ2v) is 7.63. The molecule has 0 saturated heterocycles. The number of pyridine rings is 1. The Bertz CT molecular complexity index is 1040. The van der Waals surface area contributed by atoms with Gasteiger partial charge in [0.05, 0.1) is 25.8 Å². The molecule has 0 spiro atoms. The Kier molecular flexibility index (Phi) is 3.62. The molecule has 0 amide bonds. The molecule has 0 radical (unpaired) electrons. The number of fused-ring (bicyclic) bond motifs is 3. The number of hydrogen-bond acceptors (Lipinski definition) is 3. The third kappa shape index (κ3) is 2.22. The van der Waals surface area contributed by atoms with Crippen LogP contribution in [0.5, 0.6) is 11.5 Å². The standard InChI is InChI=1S/C20H18NO2S/c1-13-6-7-19-16(9-13)17-10-14(22-2)11-18(23-3)20(17)24(19)15-5-4-8-21-12-15/h4-12H,1-3H3/q+1. The van der Waals surface area contributed by atoms with Crippen LogP contribution in [0.4, 0.5) is 0 Å². The van der Waals surface area contributed by atoms with Crippen molar-refractivity contribution in [3.8, 4) is 16.4 Å². The Hall–Kier alpha value is -2.59. The lowest BCUT2D eigenvalue weighted by Gasteiger charge is -2.04. The van der Waals surface area contributed by atoms with Crippen molar-refractivity contribution in [2.75, 3.05) is 14.2 Å². The number of rotatable bonds is 3. The molecule has 24 heavy (non-hydrogen) atoms. The first-order chi connectivity index (χ1) is 11.7. The van der Waals surface area contributed by atoms with E-state index >= 15 is 0 Å². The van der Waals surface area contributed by atoms with Crippen LogP contribution in [0.3, 0.4) is 0 Å². The molecule has 1 unspecified atom stereocenters. The molecule has 2 heterocycles. The lowest BCUT2D eigenvalue weighted by molar-refractivity contribution is 0.398. The fourth-order valence-corrected chi connectivity index (χ4v) is 5.53. The zero-order chi connectivity index (χ0) is 16.7. The Morgan fingerprint density at radius 3 is 2.54 bits per heavy atom. The van der Waals surface area contributed by atoms with E-state index in [1.807, 2.05) is 24.5 Å². The Morgan fingerprint density at radius 2 is 1.83 bits per heavy atom. The third-order valence-electron chi connectivity index (χ3n) is 4.20. The number of methoxy groups -OCH3 is 2. The summed E-state index contributed by atoms with van der Waals surface area (Å²) in [7, 11) is 3.19. The Balaban J connectivity index is 2.23. The van der Waals surface area contributed by atoms with Crippen LogP contribution in [0.1, 0.15) is 5.56 Å². The number of thiophene rings is 1. The van der Waals surface area contributed by atoms with E-state index in [9.17, 15) is 0 Å². The van der Waals surface area contributed by atoms with Gasteiger partial charge in [0.25, 0.3) is 0 Å². The summed E-state index contributed by atoms with van der Waals surface area (Å²) in [6.07, 6.45) is 3.76. The Labute approximate surface area is 143 Å². The highest BCUT2D eigenvalue weighted by molar-refractivity contribution is 7.50. The molecule has 0 bridgehead atoms. The van der Waals surface area contributed by atoms with Crippen molar-refractivity contribution in [1.29, 1.82) is 0 Å². The van der Waals surface area contributed by atoms with E-state index in [1.54, 1.807) is 14.2 Å². The minimum absolute atomic E-state index is 0.214. The van der Waals surface area contributed by atoms with Gasteiger partial charge in [0, 0.05) is 34.2 Å². The van der Waals surface area contributed by atoms with Crippen molar-refractivity contribution in [2.45, 2.75) is 6.92 Å². The molecule has 0 saturated carbocycles. The molecule has 4 rings (SSSR count). The van der Waals surface area contributed by atoms with Crippen LogP contribution in [-0.4, -0.2) is 19.2 Å². The fourth-order valence-electron chi connectivity index (χ4n) is 3.11. The predicted molar refractivity (Wildman–Crippen MR) is 101 cm³/mol. The third-order valence-corrected chi connectivity index (χ3v) is 6.54. The maximum absolute atomic E-state index is 5.72. The van der Waals surface area contributed by atoms with Crippen LogP contribution < -0.4 is 9.47 Å². The lowest BCUT2D eigenvalue weighted by Crippen LogP contribution is -1.87. The van der Waals surface area contributed by atoms with Crippen LogP contribution in [0.15, 0.2) is 54.9 Å². The van der Waals surface area contributed by atoms with Gasteiger partial charge >= 0.3 is 0 Å². The van der Waals surface area contributed by atoms with Crippen molar-refractivity contribution >= 4 is 30.6 Å². The minimum Gasteiger partial charge on any atom is -0.497 e. The average molecular weight is 336 g/mol. The molecule has 1 atom stereocenters. The van der Waals surface area contributed by atoms with Gasteiger partial charge in [-0.05, 0) is 31.2 Å². The van der Waals surface area contributed by atoms with Gasteiger partial charge in [0.2, 0.25) is 4.70 Å². The molecule has 0 aliphatic heterocycles. The highest BCUT2D eigenvalue weighted by Crippen LogP contribution is 2.52. The summed E-state index contributed by atoms with van der Waals surface area (Å²) in [6.45, 7) is 2.12. The monoisotopic (exact) mass is 336 g/mol. The SMILES string of the molecule is COc1cc(OC)c2c(c1)c1cc(C)ccc1[s+]2-c1cccnc1. The van der Waals surface area contributed by atoms with E-state index in [4.69, 9.17) is 9.47 Å². The van der Waals surface area contributed by atoms with E-state index in [-0.39, 0.29) is 10.5 Å². The highest BCUT2D eigenvalue weighted by Gasteiger charge is 2.28. The summed E-state index contributed by atoms with van der Waals surface area (Å²) in [5.41, 5.74) is 1.25. The van der Waals surface area contributed by atoms with Gasteiger partial charge in [-0.3, -0.25) is 4.98 Å². The quantitative estimate of drug-likeness (QED) is 0.466. The normalized spacial score (nSPS) is 11.9. The summed E-state index contributed by atoms with van der Waals surface area (Å²) in [6, 6.07) is 14.9. The van der Waals surface area contributed by atoms with E-state index in [1.165, 1.54) is 30.6 Å². The van der Waals surface area contributed by atoms with Crippen molar-refractivity contribution in [3.63, 3.8) is 0 Å². The van der Waals surface area contributed by atoms with Gasteiger partial charge in [-0.2, -0.15) is 0 Å². The molecular formula is C20H18NO2S+. The summed E-state index contributed by atoms with van der Waals surface area (Å²) in [5.74, 6) is 1.68. The van der Waals surface area contributed by atoms with E-state index in [0.29, 0.717) is 0 Å². The van der Waals surface area contributed by atoms with Crippen LogP contribution in [-0.2, 0) is 0 Å². The van der Waals surface area contributed by atoms with Crippen molar-refractivity contribution in [1.82, 2.24) is 4.98 Å². The summed E-state index contributed by atoms with van der Waals surface area (Å²) in [4.78, 5) is 5.52. The zero-order valence-electron chi connectivity index (χ0n) is 13.9. The minimum atomic E-state index is -0.214. The molecule has 0 fully saturated rings. The molecule has 0 N–H and O–H groups in total. The molecule has 0 aliphatic carbocycles. The first-order valence-electron chi connectivity index (χ1n) is 7.74. The number of ether oxygens (including phenoxy) is 2. The van der Waals surface area contributed by atoms with Gasteiger partial charge in [0.1, 0.15) is 5.75 Å². The topological polar surface area (TPSA) is 31.4 Å². The number of benzene rings is 2. The first-order valence-corrected chi connectivity index (χ1v) is 8.97. The van der Waals surface area contributed by atoms with E-state index < -0.39 is 0 Å². The number of nitrogens with zero attached hydrogens (tertiary/aromatic N) is 1. The van der Waals surface area contributed by atoms with Gasteiger partial charge in [-0.1, -0.05) is 11.6 Å². The lowest BCUT2D eigenvalue weighted by atomic mass is 10.1. The molecule has 2 aromatic carbocycles. The number of aromatic nitrogens is 1. The summed E-state index contributed by atoms with van der Waals surface area (Å²) >= 11 is 0. The van der Waals surface area contributed by atoms with Crippen molar-refractivity contribution in [3.05, 3.63) is 60.4 Å². The molecule has 0 aliphatic rings. The van der Waals surface area contributed by atoms with Crippen LogP contribution in [0.25, 0.3) is 25.1 Å². The predicted octanol–water partition coefficient (Wildman–Crippen LogP) is 5.45. The maximum atomic E-state index is 5.72. The van der Waals surface area contributed by atoms with Gasteiger partial charge in [-0.25, -0.2) is 0 Å². The van der Waals surface area contributed by atoms with Gasteiger partial charge < -0.3 is 9.47 Å². The zero-order valence-corrected chi connectivity index (χ0v) is 14.7.